The van der Waals surface area contributed by atoms with Crippen molar-refractivity contribution in [3.63, 3.8) is 0 Å². The number of phenolic OH excluding ortho intramolecular Hbond substituents is 1. The first-order valence-corrected chi connectivity index (χ1v) is 5.14. The van der Waals surface area contributed by atoms with Crippen molar-refractivity contribution in [2.24, 2.45) is 0 Å². The second-order valence-electron chi connectivity index (χ2n) is 3.67. The van der Waals surface area contributed by atoms with Crippen LogP contribution in [0.5, 0.6) is 5.75 Å². The second kappa shape index (κ2) is 5.39. The van der Waals surface area contributed by atoms with Gasteiger partial charge in [0.25, 0.3) is 0 Å². The van der Waals surface area contributed by atoms with Gasteiger partial charge in [-0.25, -0.2) is 0 Å². The topological polar surface area (TPSA) is 57.5 Å². The Labute approximate surface area is 89.4 Å². The zero-order valence-corrected chi connectivity index (χ0v) is 8.81. The van der Waals surface area contributed by atoms with Crippen molar-refractivity contribution in [1.29, 1.82) is 0 Å². The first-order valence-electron chi connectivity index (χ1n) is 5.14. The fourth-order valence-corrected chi connectivity index (χ4v) is 1.69. The van der Waals surface area contributed by atoms with Crippen LogP contribution in [0.1, 0.15) is 37.7 Å². The summed E-state index contributed by atoms with van der Waals surface area (Å²) in [4.78, 5) is 10.7. The smallest absolute Gasteiger partial charge is 0.303 e. The lowest BCUT2D eigenvalue weighted by Gasteiger charge is -2.14. The van der Waals surface area contributed by atoms with Crippen molar-refractivity contribution < 1.29 is 15.0 Å². The number of hydrogen-bond donors (Lipinski definition) is 2. The van der Waals surface area contributed by atoms with Gasteiger partial charge in [-0.3, -0.25) is 4.79 Å². The molecule has 15 heavy (non-hydrogen) atoms. The van der Waals surface area contributed by atoms with Crippen molar-refractivity contribution in [1.82, 2.24) is 0 Å². The van der Waals surface area contributed by atoms with Crippen molar-refractivity contribution in [3.05, 3.63) is 29.8 Å². The average molecular weight is 208 g/mol. The number of carbonyl (C=O) groups is 1. The van der Waals surface area contributed by atoms with Gasteiger partial charge in [-0.1, -0.05) is 25.5 Å². The molecule has 0 aliphatic rings. The number of carboxylic acid groups (broad SMARTS) is 1. The predicted octanol–water partition coefficient (Wildman–Crippen LogP) is 2.75. The first-order chi connectivity index (χ1) is 7.13. The Morgan fingerprint density at radius 2 is 1.93 bits per heavy atom. The Kier molecular flexibility index (Phi) is 4.16. The number of rotatable bonds is 5. The molecule has 1 aromatic carbocycles. The van der Waals surface area contributed by atoms with Gasteiger partial charge in [0.15, 0.2) is 0 Å². The quantitative estimate of drug-likeness (QED) is 0.782. The van der Waals surface area contributed by atoms with Crippen molar-refractivity contribution in [2.75, 3.05) is 0 Å². The molecule has 1 aromatic rings. The molecule has 0 aliphatic carbocycles. The molecule has 0 amide bonds. The second-order valence-corrected chi connectivity index (χ2v) is 3.67. The van der Waals surface area contributed by atoms with Crippen molar-refractivity contribution >= 4 is 5.97 Å². The number of benzene rings is 1. The van der Waals surface area contributed by atoms with E-state index < -0.39 is 5.97 Å². The Hall–Kier alpha value is -1.51. The molecule has 0 aliphatic heterocycles. The van der Waals surface area contributed by atoms with E-state index in [9.17, 15) is 4.79 Å². The van der Waals surface area contributed by atoms with Gasteiger partial charge in [0.2, 0.25) is 0 Å². The Morgan fingerprint density at radius 3 is 2.40 bits per heavy atom. The third-order valence-electron chi connectivity index (χ3n) is 2.42. The molecule has 0 bridgehead atoms. The standard InChI is InChI=1S/C12H16O3/c1-2-3-10(8-12(14)15)9-4-6-11(13)7-5-9/h4-7,10,13H,2-3,8H2,1H3,(H,14,15)/t10-/m0/s1. The molecular formula is C12H16O3. The van der Waals surface area contributed by atoms with E-state index in [0.29, 0.717) is 0 Å². The summed E-state index contributed by atoms with van der Waals surface area (Å²) in [6.07, 6.45) is 1.97. The molecule has 0 unspecified atom stereocenters. The van der Waals surface area contributed by atoms with E-state index in [4.69, 9.17) is 10.2 Å². The number of phenols is 1. The van der Waals surface area contributed by atoms with Crippen LogP contribution in [0.3, 0.4) is 0 Å². The Bertz CT molecular complexity index is 316. The summed E-state index contributed by atoms with van der Waals surface area (Å²) in [6.45, 7) is 2.04. The fourth-order valence-electron chi connectivity index (χ4n) is 1.69. The summed E-state index contributed by atoms with van der Waals surface area (Å²) in [5.74, 6) is -0.515. The van der Waals surface area contributed by atoms with Crippen LogP contribution in [0.4, 0.5) is 0 Å². The van der Waals surface area contributed by atoms with Crippen LogP contribution in [0.2, 0.25) is 0 Å². The number of aliphatic carboxylic acids is 1. The van der Waals surface area contributed by atoms with E-state index in [1.165, 1.54) is 0 Å². The highest BCUT2D eigenvalue weighted by Gasteiger charge is 2.14. The molecule has 1 atom stereocenters. The van der Waals surface area contributed by atoms with E-state index in [1.807, 2.05) is 6.92 Å². The molecule has 0 spiro atoms. The van der Waals surface area contributed by atoms with Crippen LogP contribution in [0, 0.1) is 0 Å². The van der Waals surface area contributed by atoms with Crippen molar-refractivity contribution in [2.45, 2.75) is 32.1 Å². The zero-order valence-electron chi connectivity index (χ0n) is 8.81. The predicted molar refractivity (Wildman–Crippen MR) is 58.0 cm³/mol. The Morgan fingerprint density at radius 1 is 1.33 bits per heavy atom. The van der Waals surface area contributed by atoms with E-state index in [2.05, 4.69) is 0 Å². The molecule has 0 saturated heterocycles. The summed E-state index contributed by atoms with van der Waals surface area (Å²) in [7, 11) is 0. The highest BCUT2D eigenvalue weighted by molar-refractivity contribution is 5.68. The molecule has 3 heteroatoms. The molecule has 82 valence electrons. The summed E-state index contributed by atoms with van der Waals surface area (Å²) >= 11 is 0. The van der Waals surface area contributed by atoms with Gasteiger partial charge >= 0.3 is 5.97 Å². The lowest BCUT2D eigenvalue weighted by molar-refractivity contribution is -0.137. The average Bonchev–Trinajstić information content (AvgIpc) is 2.17. The molecule has 2 N–H and O–H groups in total. The molecule has 0 heterocycles. The maximum Gasteiger partial charge on any atom is 0.303 e. The Balaban J connectivity index is 2.78. The molecular weight excluding hydrogens is 192 g/mol. The first kappa shape index (κ1) is 11.6. The highest BCUT2D eigenvalue weighted by atomic mass is 16.4. The van der Waals surface area contributed by atoms with Gasteiger partial charge in [0.1, 0.15) is 5.75 Å². The minimum Gasteiger partial charge on any atom is -0.508 e. The van der Waals surface area contributed by atoms with E-state index in [-0.39, 0.29) is 18.1 Å². The van der Waals surface area contributed by atoms with Crippen LogP contribution in [-0.2, 0) is 4.79 Å². The molecule has 3 nitrogen and oxygen atoms in total. The molecule has 0 aromatic heterocycles. The van der Waals surface area contributed by atoms with E-state index in [0.717, 1.165) is 18.4 Å². The van der Waals surface area contributed by atoms with Gasteiger partial charge in [-0.15, -0.1) is 0 Å². The normalized spacial score (nSPS) is 12.3. The summed E-state index contributed by atoms with van der Waals surface area (Å²) in [6, 6.07) is 6.77. The molecule has 1 rings (SSSR count). The highest BCUT2D eigenvalue weighted by Crippen LogP contribution is 2.26. The number of carboxylic acids is 1. The minimum atomic E-state index is -0.776. The van der Waals surface area contributed by atoms with Crippen LogP contribution in [0.25, 0.3) is 0 Å². The summed E-state index contributed by atoms with van der Waals surface area (Å²) in [5.41, 5.74) is 0.983. The van der Waals surface area contributed by atoms with Crippen LogP contribution >= 0.6 is 0 Å². The third-order valence-corrected chi connectivity index (χ3v) is 2.42. The van der Waals surface area contributed by atoms with Gasteiger partial charge in [0, 0.05) is 0 Å². The van der Waals surface area contributed by atoms with Gasteiger partial charge in [-0.2, -0.15) is 0 Å². The molecule has 0 saturated carbocycles. The maximum atomic E-state index is 10.7. The number of hydrogen-bond acceptors (Lipinski definition) is 2. The maximum absolute atomic E-state index is 10.7. The van der Waals surface area contributed by atoms with Gasteiger partial charge in [0.05, 0.1) is 6.42 Å². The lowest BCUT2D eigenvalue weighted by atomic mass is 9.91. The fraction of sp³-hybridized carbons (Fsp3) is 0.417. The van der Waals surface area contributed by atoms with Gasteiger partial charge < -0.3 is 10.2 Å². The van der Waals surface area contributed by atoms with E-state index in [1.54, 1.807) is 24.3 Å². The van der Waals surface area contributed by atoms with Crippen LogP contribution in [0.15, 0.2) is 24.3 Å². The lowest BCUT2D eigenvalue weighted by Crippen LogP contribution is -2.06. The number of aromatic hydroxyl groups is 1. The monoisotopic (exact) mass is 208 g/mol. The van der Waals surface area contributed by atoms with Gasteiger partial charge in [-0.05, 0) is 30.0 Å². The van der Waals surface area contributed by atoms with Crippen LogP contribution in [-0.4, -0.2) is 16.2 Å². The largest absolute Gasteiger partial charge is 0.508 e. The third kappa shape index (κ3) is 3.62. The zero-order chi connectivity index (χ0) is 11.3. The van der Waals surface area contributed by atoms with E-state index >= 15 is 0 Å². The van der Waals surface area contributed by atoms with Crippen molar-refractivity contribution in [3.8, 4) is 5.75 Å². The van der Waals surface area contributed by atoms with Crippen LogP contribution < -0.4 is 0 Å². The minimum absolute atomic E-state index is 0.0492. The SMILES string of the molecule is CCC[C@@H](CC(=O)O)c1ccc(O)cc1. The molecule has 0 radical (unpaired) electrons. The summed E-state index contributed by atoms with van der Waals surface area (Å²) < 4.78 is 0. The molecule has 0 fully saturated rings. The summed E-state index contributed by atoms with van der Waals surface area (Å²) in [5, 5.41) is 17.9.